The zero-order chi connectivity index (χ0) is 7.52. The smallest absolute Gasteiger partial charge is 0.125 e. The molecule has 0 fully saturated rings. The molecule has 2 rings (SSSR count). The maximum absolute atomic E-state index is 4.11. The maximum Gasteiger partial charge on any atom is 0.125 e. The van der Waals surface area contributed by atoms with Gasteiger partial charge < -0.3 is 0 Å². The molecule has 0 aliphatic carbocycles. The molecule has 0 amide bonds. The van der Waals surface area contributed by atoms with Gasteiger partial charge in [0.25, 0.3) is 0 Å². The van der Waals surface area contributed by atoms with E-state index < -0.39 is 0 Å². The summed E-state index contributed by atoms with van der Waals surface area (Å²) in [6.07, 6.45) is 5.22. The molecule has 2 heterocycles. The third kappa shape index (κ3) is 1.28. The number of hydrogen-bond donors (Lipinski definition) is 0. The van der Waals surface area contributed by atoms with E-state index in [2.05, 4.69) is 15.3 Å². The van der Waals surface area contributed by atoms with Gasteiger partial charge in [0, 0.05) is 24.2 Å². The van der Waals surface area contributed by atoms with Crippen LogP contribution in [0.15, 0.2) is 30.7 Å². The third-order valence-corrected chi connectivity index (χ3v) is 2.06. The minimum absolute atomic E-state index is 0.970. The molecule has 0 saturated carbocycles. The molecule has 1 radical (unpaired) electrons. The van der Waals surface area contributed by atoms with Gasteiger partial charge in [-0.3, -0.25) is 4.98 Å². The van der Waals surface area contributed by atoms with Gasteiger partial charge in [-0.05, 0) is 12.1 Å². The van der Waals surface area contributed by atoms with Gasteiger partial charge in [-0.1, -0.05) is 0 Å². The highest BCUT2D eigenvalue weighted by molar-refractivity contribution is 7.12. The van der Waals surface area contributed by atoms with Gasteiger partial charge in [0.1, 0.15) is 5.01 Å². The van der Waals surface area contributed by atoms with Crippen molar-refractivity contribution in [3.8, 4) is 10.6 Å². The van der Waals surface area contributed by atoms with E-state index in [4.69, 9.17) is 0 Å². The van der Waals surface area contributed by atoms with E-state index in [1.165, 1.54) is 11.3 Å². The first-order chi connectivity index (χ1) is 5.47. The molecule has 0 bridgehead atoms. The van der Waals surface area contributed by atoms with E-state index >= 15 is 0 Å². The number of aromatic nitrogens is 2. The van der Waals surface area contributed by atoms with Crippen LogP contribution in [0.25, 0.3) is 10.6 Å². The van der Waals surface area contributed by atoms with Crippen LogP contribution < -0.4 is 0 Å². The van der Waals surface area contributed by atoms with Crippen LogP contribution in [0.3, 0.4) is 0 Å². The van der Waals surface area contributed by atoms with Crippen LogP contribution in [-0.4, -0.2) is 9.97 Å². The van der Waals surface area contributed by atoms with Gasteiger partial charge in [0.2, 0.25) is 0 Å². The van der Waals surface area contributed by atoms with Crippen LogP contribution in [-0.2, 0) is 0 Å². The van der Waals surface area contributed by atoms with Crippen molar-refractivity contribution >= 4 is 11.3 Å². The lowest BCUT2D eigenvalue weighted by Gasteiger charge is -1.90. The highest BCUT2D eigenvalue weighted by Crippen LogP contribution is 2.18. The van der Waals surface area contributed by atoms with Gasteiger partial charge in [-0.2, -0.15) is 0 Å². The van der Waals surface area contributed by atoms with E-state index in [0.717, 1.165) is 10.6 Å². The van der Waals surface area contributed by atoms with E-state index in [1.54, 1.807) is 18.6 Å². The van der Waals surface area contributed by atoms with Crippen molar-refractivity contribution in [3.63, 3.8) is 0 Å². The molecule has 11 heavy (non-hydrogen) atoms. The van der Waals surface area contributed by atoms with Crippen molar-refractivity contribution in [3.05, 3.63) is 36.1 Å². The molecular weight excluding hydrogens is 156 g/mol. The molecule has 0 spiro atoms. The van der Waals surface area contributed by atoms with Crippen molar-refractivity contribution in [1.29, 1.82) is 0 Å². The van der Waals surface area contributed by atoms with Crippen molar-refractivity contribution in [2.45, 2.75) is 0 Å². The van der Waals surface area contributed by atoms with Gasteiger partial charge in [-0.25, -0.2) is 4.98 Å². The topological polar surface area (TPSA) is 25.8 Å². The third-order valence-electron chi connectivity index (χ3n) is 1.30. The van der Waals surface area contributed by atoms with E-state index in [0.29, 0.717) is 0 Å². The quantitative estimate of drug-likeness (QED) is 0.639. The second-order valence-electron chi connectivity index (χ2n) is 2.02. The SMILES string of the molecule is [c]1cnc(-c2cccnc2)s1. The summed E-state index contributed by atoms with van der Waals surface area (Å²) in [5.74, 6) is 0. The minimum atomic E-state index is 0.970. The molecule has 2 aromatic rings. The lowest BCUT2D eigenvalue weighted by Crippen LogP contribution is -1.75. The Labute approximate surface area is 68.6 Å². The van der Waals surface area contributed by atoms with E-state index in [1.807, 2.05) is 12.1 Å². The highest BCUT2D eigenvalue weighted by atomic mass is 32.1. The largest absolute Gasteiger partial charge is 0.264 e. The van der Waals surface area contributed by atoms with Gasteiger partial charge >= 0.3 is 0 Å². The number of thiazole rings is 1. The van der Waals surface area contributed by atoms with Crippen molar-refractivity contribution in [2.24, 2.45) is 0 Å². The zero-order valence-electron chi connectivity index (χ0n) is 5.69. The molecule has 0 aromatic carbocycles. The zero-order valence-corrected chi connectivity index (χ0v) is 6.51. The molecule has 0 unspecified atom stereocenters. The molecule has 53 valence electrons. The highest BCUT2D eigenvalue weighted by Gasteiger charge is 1.97. The number of pyridine rings is 1. The Bertz CT molecular complexity index is 315. The normalized spacial score (nSPS) is 9.82. The minimum Gasteiger partial charge on any atom is -0.264 e. The average Bonchev–Trinajstić information content (AvgIpc) is 2.58. The van der Waals surface area contributed by atoms with Crippen LogP contribution in [0.4, 0.5) is 0 Å². The lowest BCUT2D eigenvalue weighted by atomic mass is 10.3. The standard InChI is InChI=1S/C8H5N2S/c1-2-7(6-9-3-1)8-10-4-5-11-8/h1-4,6H. The second-order valence-corrected chi connectivity index (χ2v) is 2.85. The van der Waals surface area contributed by atoms with Gasteiger partial charge in [0.05, 0.1) is 5.38 Å². The summed E-state index contributed by atoms with van der Waals surface area (Å²) in [4.78, 5) is 8.10. The Balaban J connectivity index is 2.46. The monoisotopic (exact) mass is 161 g/mol. The Morgan fingerprint density at radius 1 is 1.45 bits per heavy atom. The fourth-order valence-corrected chi connectivity index (χ4v) is 1.38. The molecule has 0 saturated heterocycles. The molecule has 0 aliphatic rings. The summed E-state index contributed by atoms with van der Waals surface area (Å²) >= 11 is 1.50. The summed E-state index contributed by atoms with van der Waals surface area (Å²) in [6.45, 7) is 0. The molecule has 2 nitrogen and oxygen atoms in total. The Hall–Kier alpha value is -1.22. The predicted molar refractivity (Wildman–Crippen MR) is 44.2 cm³/mol. The van der Waals surface area contributed by atoms with Crippen LogP contribution >= 0.6 is 11.3 Å². The molecule has 0 atom stereocenters. The predicted octanol–water partition coefficient (Wildman–Crippen LogP) is 2.01. The summed E-state index contributed by atoms with van der Waals surface area (Å²) in [6, 6.07) is 3.89. The Morgan fingerprint density at radius 2 is 2.45 bits per heavy atom. The molecule has 3 heteroatoms. The van der Waals surface area contributed by atoms with Crippen LogP contribution in [0.1, 0.15) is 0 Å². The molecular formula is C8H5N2S. The van der Waals surface area contributed by atoms with Crippen LogP contribution in [0, 0.1) is 5.38 Å². The lowest BCUT2D eigenvalue weighted by molar-refractivity contribution is 1.31. The summed E-state index contributed by atoms with van der Waals surface area (Å²) in [7, 11) is 0. The van der Waals surface area contributed by atoms with Crippen LogP contribution in [0.5, 0.6) is 0 Å². The first-order valence-corrected chi connectivity index (χ1v) is 4.01. The first-order valence-electron chi connectivity index (χ1n) is 3.19. The number of nitrogens with zero attached hydrogens (tertiary/aromatic N) is 2. The Morgan fingerprint density at radius 3 is 3.09 bits per heavy atom. The summed E-state index contributed by atoms with van der Waals surface area (Å²) in [5.41, 5.74) is 1.05. The average molecular weight is 161 g/mol. The number of hydrogen-bond acceptors (Lipinski definition) is 3. The van der Waals surface area contributed by atoms with E-state index in [9.17, 15) is 0 Å². The Kier molecular flexibility index (Phi) is 1.65. The summed E-state index contributed by atoms with van der Waals surface area (Å²) in [5, 5.41) is 3.90. The first kappa shape index (κ1) is 6.49. The fourth-order valence-electron chi connectivity index (χ4n) is 0.816. The fraction of sp³-hybridized carbons (Fsp3) is 0. The number of rotatable bonds is 1. The van der Waals surface area contributed by atoms with Crippen LogP contribution in [0.2, 0.25) is 0 Å². The molecule has 2 aromatic heterocycles. The van der Waals surface area contributed by atoms with Crippen molar-refractivity contribution in [1.82, 2.24) is 9.97 Å². The second kappa shape index (κ2) is 2.80. The molecule has 0 aliphatic heterocycles. The van der Waals surface area contributed by atoms with Crippen molar-refractivity contribution in [2.75, 3.05) is 0 Å². The van der Waals surface area contributed by atoms with Gasteiger partial charge in [0.15, 0.2) is 0 Å². The maximum atomic E-state index is 4.11. The van der Waals surface area contributed by atoms with Gasteiger partial charge in [-0.15, -0.1) is 11.3 Å². The molecule has 0 N–H and O–H groups in total. The summed E-state index contributed by atoms with van der Waals surface area (Å²) < 4.78 is 0. The van der Waals surface area contributed by atoms with E-state index in [-0.39, 0.29) is 0 Å². The van der Waals surface area contributed by atoms with Crippen molar-refractivity contribution < 1.29 is 0 Å².